The van der Waals surface area contributed by atoms with Crippen LogP contribution in [0.25, 0.3) is 0 Å². The molecule has 0 amide bonds. The molecule has 0 spiro atoms. The lowest BCUT2D eigenvalue weighted by Gasteiger charge is -2.10. The van der Waals surface area contributed by atoms with Crippen molar-refractivity contribution in [1.29, 1.82) is 0 Å². The van der Waals surface area contributed by atoms with Crippen LogP contribution >= 0.6 is 0 Å². The molecular formula is C14H24N4O3. The Morgan fingerprint density at radius 3 is 2.71 bits per heavy atom. The molecule has 0 saturated heterocycles. The molecule has 1 rings (SSSR count). The van der Waals surface area contributed by atoms with E-state index in [4.69, 9.17) is 4.74 Å². The van der Waals surface area contributed by atoms with Gasteiger partial charge in [0, 0.05) is 6.54 Å². The average molecular weight is 296 g/mol. The van der Waals surface area contributed by atoms with Crippen molar-refractivity contribution in [2.24, 2.45) is 5.92 Å². The van der Waals surface area contributed by atoms with Crippen LogP contribution in [0.2, 0.25) is 0 Å². The summed E-state index contributed by atoms with van der Waals surface area (Å²) in [6.07, 6.45) is 5.66. The number of nitrogens with one attached hydrogen (secondary N) is 1. The van der Waals surface area contributed by atoms with E-state index >= 15 is 0 Å². The Hall–Kier alpha value is -1.92. The van der Waals surface area contributed by atoms with Gasteiger partial charge in [-0.25, -0.2) is 4.98 Å². The molecule has 1 aromatic rings. The Labute approximate surface area is 125 Å². The molecule has 0 saturated carbocycles. The third kappa shape index (κ3) is 5.93. The van der Waals surface area contributed by atoms with Gasteiger partial charge < -0.3 is 10.1 Å². The predicted octanol–water partition coefficient (Wildman–Crippen LogP) is 3.41. The van der Waals surface area contributed by atoms with Gasteiger partial charge in [-0.3, -0.25) is 10.1 Å². The maximum Gasteiger partial charge on any atom is 0.372 e. The molecule has 0 atom stereocenters. The summed E-state index contributed by atoms with van der Waals surface area (Å²) in [7, 11) is 0. The Kier molecular flexibility index (Phi) is 7.42. The monoisotopic (exact) mass is 296 g/mol. The number of hydrogen-bond donors (Lipinski definition) is 1. The Balaban J connectivity index is 2.73. The summed E-state index contributed by atoms with van der Waals surface area (Å²) < 4.78 is 5.41. The van der Waals surface area contributed by atoms with E-state index in [1.807, 2.05) is 13.8 Å². The molecule has 0 bridgehead atoms. The lowest BCUT2D eigenvalue weighted by Crippen LogP contribution is -2.11. The number of aromatic nitrogens is 2. The minimum absolute atomic E-state index is 0.0276. The van der Waals surface area contributed by atoms with Crippen LogP contribution in [-0.4, -0.2) is 28.0 Å². The van der Waals surface area contributed by atoms with Crippen molar-refractivity contribution in [1.82, 2.24) is 9.97 Å². The van der Waals surface area contributed by atoms with Crippen molar-refractivity contribution in [3.63, 3.8) is 0 Å². The van der Waals surface area contributed by atoms with Crippen LogP contribution in [0.1, 0.15) is 46.5 Å². The van der Waals surface area contributed by atoms with Crippen molar-refractivity contribution in [3.8, 4) is 5.88 Å². The molecule has 0 aliphatic heterocycles. The van der Waals surface area contributed by atoms with Gasteiger partial charge in [0.1, 0.15) is 6.33 Å². The number of rotatable bonds is 10. The summed E-state index contributed by atoms with van der Waals surface area (Å²) in [6, 6.07) is 0. The molecule has 0 radical (unpaired) electrons. The lowest BCUT2D eigenvalue weighted by atomic mass is 10.2. The van der Waals surface area contributed by atoms with Crippen LogP contribution in [0.3, 0.4) is 0 Å². The van der Waals surface area contributed by atoms with E-state index in [0.717, 1.165) is 25.7 Å². The first-order valence-corrected chi connectivity index (χ1v) is 7.42. The molecule has 7 heteroatoms. The Morgan fingerprint density at radius 2 is 2.10 bits per heavy atom. The summed E-state index contributed by atoms with van der Waals surface area (Å²) in [5.74, 6) is 0.523. The summed E-state index contributed by atoms with van der Waals surface area (Å²) >= 11 is 0. The summed E-state index contributed by atoms with van der Waals surface area (Å²) in [5.41, 5.74) is -0.186. The van der Waals surface area contributed by atoms with Gasteiger partial charge in [-0.2, -0.15) is 4.98 Å². The maximum atomic E-state index is 11.2. The van der Waals surface area contributed by atoms with Crippen molar-refractivity contribution >= 4 is 11.5 Å². The first kappa shape index (κ1) is 17.1. The maximum absolute atomic E-state index is 11.2. The van der Waals surface area contributed by atoms with Gasteiger partial charge in [0.05, 0.1) is 11.5 Å². The average Bonchev–Trinajstić information content (AvgIpc) is 2.44. The summed E-state index contributed by atoms with van der Waals surface area (Å²) in [6.45, 7) is 7.12. The molecular weight excluding hydrogens is 272 g/mol. The van der Waals surface area contributed by atoms with Crippen LogP contribution in [0.5, 0.6) is 5.88 Å². The summed E-state index contributed by atoms with van der Waals surface area (Å²) in [4.78, 5) is 18.6. The predicted molar refractivity (Wildman–Crippen MR) is 81.7 cm³/mol. The standard InChI is InChI=1S/C14H24N4O3/c1-4-5-6-7-8-15-13-12(18(19)20)14(17-10-16-13)21-9-11(2)3/h10-11H,4-9H2,1-3H3,(H,15,16,17). The fraction of sp³-hybridized carbons (Fsp3) is 0.714. The Bertz CT molecular complexity index is 452. The second kappa shape index (κ2) is 9.10. The molecule has 1 N–H and O–H groups in total. The molecule has 21 heavy (non-hydrogen) atoms. The number of nitro groups is 1. The molecule has 0 fully saturated rings. The van der Waals surface area contributed by atoms with Crippen molar-refractivity contribution in [2.45, 2.75) is 46.5 Å². The molecule has 7 nitrogen and oxygen atoms in total. The number of anilines is 1. The first-order valence-electron chi connectivity index (χ1n) is 7.42. The third-order valence-corrected chi connectivity index (χ3v) is 2.85. The van der Waals surface area contributed by atoms with E-state index < -0.39 is 4.92 Å². The SMILES string of the molecule is CCCCCCNc1ncnc(OCC(C)C)c1[N+](=O)[O-]. The number of hydrogen-bond acceptors (Lipinski definition) is 6. The minimum Gasteiger partial charge on any atom is -0.472 e. The highest BCUT2D eigenvalue weighted by atomic mass is 16.6. The molecule has 1 aromatic heterocycles. The van der Waals surface area contributed by atoms with E-state index in [1.54, 1.807) is 0 Å². The van der Waals surface area contributed by atoms with Crippen LogP contribution < -0.4 is 10.1 Å². The zero-order valence-electron chi connectivity index (χ0n) is 13.0. The zero-order valence-corrected chi connectivity index (χ0v) is 13.0. The van der Waals surface area contributed by atoms with Gasteiger partial charge in [-0.05, 0) is 12.3 Å². The largest absolute Gasteiger partial charge is 0.472 e. The van der Waals surface area contributed by atoms with Gasteiger partial charge >= 0.3 is 5.69 Å². The highest BCUT2D eigenvalue weighted by molar-refractivity contribution is 5.61. The smallest absolute Gasteiger partial charge is 0.372 e. The van der Waals surface area contributed by atoms with E-state index in [1.165, 1.54) is 6.33 Å². The van der Waals surface area contributed by atoms with Crippen LogP contribution in [0.15, 0.2) is 6.33 Å². The number of unbranched alkanes of at least 4 members (excludes halogenated alkanes) is 3. The van der Waals surface area contributed by atoms with E-state index in [0.29, 0.717) is 13.2 Å². The topological polar surface area (TPSA) is 90.2 Å². The van der Waals surface area contributed by atoms with Gasteiger partial charge in [0.25, 0.3) is 5.88 Å². The van der Waals surface area contributed by atoms with Gasteiger partial charge in [0.2, 0.25) is 5.82 Å². The highest BCUT2D eigenvalue weighted by Crippen LogP contribution is 2.30. The molecule has 0 aliphatic carbocycles. The summed E-state index contributed by atoms with van der Waals surface area (Å²) in [5, 5.41) is 14.2. The quantitative estimate of drug-likeness (QED) is 0.404. The van der Waals surface area contributed by atoms with Crippen LogP contribution in [0, 0.1) is 16.0 Å². The first-order chi connectivity index (χ1) is 10.1. The molecule has 1 heterocycles. The molecule has 0 unspecified atom stereocenters. The van der Waals surface area contributed by atoms with Gasteiger partial charge in [0.15, 0.2) is 0 Å². The van der Waals surface area contributed by atoms with Gasteiger partial charge in [-0.15, -0.1) is 0 Å². The zero-order chi connectivity index (χ0) is 15.7. The molecule has 0 aromatic carbocycles. The second-order valence-electron chi connectivity index (χ2n) is 5.33. The molecule has 0 aliphatic rings. The van der Waals surface area contributed by atoms with Crippen molar-refractivity contribution in [2.75, 3.05) is 18.5 Å². The fourth-order valence-electron chi connectivity index (χ4n) is 1.77. The highest BCUT2D eigenvalue weighted by Gasteiger charge is 2.24. The number of ether oxygens (including phenoxy) is 1. The van der Waals surface area contributed by atoms with Crippen molar-refractivity contribution < 1.29 is 9.66 Å². The Morgan fingerprint density at radius 1 is 1.33 bits per heavy atom. The third-order valence-electron chi connectivity index (χ3n) is 2.85. The van der Waals surface area contributed by atoms with E-state index in [9.17, 15) is 10.1 Å². The van der Waals surface area contributed by atoms with Crippen LogP contribution in [0.4, 0.5) is 11.5 Å². The fourth-order valence-corrected chi connectivity index (χ4v) is 1.77. The van der Waals surface area contributed by atoms with Crippen LogP contribution in [-0.2, 0) is 0 Å². The second-order valence-corrected chi connectivity index (χ2v) is 5.33. The minimum atomic E-state index is -0.496. The lowest BCUT2D eigenvalue weighted by molar-refractivity contribution is -0.385. The van der Waals surface area contributed by atoms with Gasteiger partial charge in [-0.1, -0.05) is 40.0 Å². The normalized spacial score (nSPS) is 10.7. The van der Waals surface area contributed by atoms with Crippen molar-refractivity contribution in [3.05, 3.63) is 16.4 Å². The molecule has 118 valence electrons. The number of nitrogens with zero attached hydrogens (tertiary/aromatic N) is 3. The van der Waals surface area contributed by atoms with E-state index in [-0.39, 0.29) is 23.3 Å². The van der Waals surface area contributed by atoms with E-state index in [2.05, 4.69) is 22.2 Å².